The summed E-state index contributed by atoms with van der Waals surface area (Å²) in [6.45, 7) is 7.42. The zero-order valence-corrected chi connectivity index (χ0v) is 18.3. The maximum atomic E-state index is 11.4. The van der Waals surface area contributed by atoms with E-state index in [4.69, 9.17) is 8.83 Å². The molecule has 0 radical (unpaired) electrons. The van der Waals surface area contributed by atoms with Gasteiger partial charge < -0.3 is 19.0 Å². The van der Waals surface area contributed by atoms with Gasteiger partial charge in [-0.05, 0) is 61.1 Å². The molecule has 4 aromatic rings. The van der Waals surface area contributed by atoms with Gasteiger partial charge in [-0.15, -0.1) is 0 Å². The van der Waals surface area contributed by atoms with Crippen molar-refractivity contribution in [2.45, 2.75) is 48.0 Å². The minimum absolute atomic E-state index is 0. The number of phenols is 2. The van der Waals surface area contributed by atoms with Crippen LogP contribution in [0.25, 0.3) is 21.9 Å². The van der Waals surface area contributed by atoms with Gasteiger partial charge in [-0.3, -0.25) is 4.79 Å². The lowest BCUT2D eigenvalue weighted by Gasteiger charge is -2.08. The second-order valence-electron chi connectivity index (χ2n) is 7.47. The number of carbonyl (C=O) groups excluding carboxylic acids is 1. The fraction of sp³-hybridized carbons (Fsp3) is 0.269. The maximum Gasteiger partial charge on any atom is 0.336 e. The van der Waals surface area contributed by atoms with Gasteiger partial charge in [0.1, 0.15) is 17.1 Å². The van der Waals surface area contributed by atoms with Crippen molar-refractivity contribution in [2.75, 3.05) is 0 Å². The van der Waals surface area contributed by atoms with Gasteiger partial charge in [-0.25, -0.2) is 9.59 Å². The topological polar surface area (TPSA) is 118 Å². The van der Waals surface area contributed by atoms with Crippen LogP contribution in [-0.4, -0.2) is 16.5 Å². The van der Waals surface area contributed by atoms with E-state index < -0.39 is 5.63 Å². The predicted molar refractivity (Wildman–Crippen MR) is 129 cm³/mol. The molecule has 0 fully saturated rings. The van der Waals surface area contributed by atoms with Crippen LogP contribution >= 0.6 is 0 Å². The molecule has 0 aliphatic carbocycles. The quantitative estimate of drug-likeness (QED) is 0.324. The molecule has 0 unspecified atom stereocenters. The molecule has 2 aromatic carbocycles. The van der Waals surface area contributed by atoms with Gasteiger partial charge in [0, 0.05) is 29.0 Å². The fourth-order valence-corrected chi connectivity index (χ4v) is 3.58. The standard InChI is InChI=1S/C13H12O4.C12H12O3.CH4/c1-3-8-5-11(15)17-13-9(8)4-7(2)12(16)10(13)6-14;1-3-8-5-12(14)15-11-6-10(13)7(2)4-9(8)11;/h4-6,16H,3H2,1-2H3;4-6,13H,3H2,1-2H3;1H4. The number of rotatable bonds is 3. The van der Waals surface area contributed by atoms with Crippen LogP contribution in [0.5, 0.6) is 11.5 Å². The number of benzene rings is 2. The molecule has 2 heterocycles. The summed E-state index contributed by atoms with van der Waals surface area (Å²) in [6.07, 6.45) is 1.93. The van der Waals surface area contributed by atoms with Gasteiger partial charge in [-0.2, -0.15) is 0 Å². The van der Waals surface area contributed by atoms with E-state index in [-0.39, 0.29) is 35.7 Å². The molecule has 7 nitrogen and oxygen atoms in total. The fourth-order valence-electron chi connectivity index (χ4n) is 3.58. The lowest BCUT2D eigenvalue weighted by atomic mass is 10.0. The summed E-state index contributed by atoms with van der Waals surface area (Å²) in [5.74, 6) is 0.0165. The van der Waals surface area contributed by atoms with Gasteiger partial charge in [0.05, 0.1) is 5.56 Å². The molecule has 0 atom stereocenters. The van der Waals surface area contributed by atoms with E-state index in [9.17, 15) is 24.6 Å². The van der Waals surface area contributed by atoms with Crippen molar-refractivity contribution in [3.05, 3.63) is 79.0 Å². The first-order valence-electron chi connectivity index (χ1n) is 10.2. The number of hydrogen-bond donors (Lipinski definition) is 2. The summed E-state index contributed by atoms with van der Waals surface area (Å²) in [4.78, 5) is 33.6. The number of phenolic OH excluding ortho intramolecular Hbond substituents is 2. The second kappa shape index (κ2) is 10.2. The van der Waals surface area contributed by atoms with E-state index in [1.165, 1.54) is 18.2 Å². The predicted octanol–water partition coefficient (Wildman–Crippen LogP) is 5.19. The Morgan fingerprint density at radius 1 is 0.818 bits per heavy atom. The summed E-state index contributed by atoms with van der Waals surface area (Å²) in [6, 6.07) is 7.96. The van der Waals surface area contributed by atoms with Crippen LogP contribution in [0.1, 0.15) is 53.9 Å². The molecule has 0 spiro atoms. The van der Waals surface area contributed by atoms with E-state index >= 15 is 0 Å². The highest BCUT2D eigenvalue weighted by molar-refractivity contribution is 5.99. The van der Waals surface area contributed by atoms with Crippen molar-refractivity contribution >= 4 is 28.2 Å². The van der Waals surface area contributed by atoms with E-state index in [1.54, 1.807) is 13.0 Å². The minimum Gasteiger partial charge on any atom is -0.508 e. The first-order chi connectivity index (χ1) is 15.2. The van der Waals surface area contributed by atoms with Crippen LogP contribution in [0.3, 0.4) is 0 Å². The van der Waals surface area contributed by atoms with Crippen molar-refractivity contribution in [3.8, 4) is 11.5 Å². The second-order valence-corrected chi connectivity index (χ2v) is 7.47. The molecule has 0 aliphatic heterocycles. The number of aryl methyl sites for hydroxylation is 4. The zero-order valence-electron chi connectivity index (χ0n) is 18.3. The largest absolute Gasteiger partial charge is 0.508 e. The van der Waals surface area contributed by atoms with E-state index in [0.29, 0.717) is 29.2 Å². The average molecular weight is 453 g/mol. The zero-order chi connectivity index (χ0) is 23.6. The van der Waals surface area contributed by atoms with E-state index in [1.807, 2.05) is 26.8 Å². The molecule has 0 bridgehead atoms. The first-order valence-corrected chi connectivity index (χ1v) is 10.2. The number of aldehydes is 1. The molecular weight excluding hydrogens is 424 g/mol. The van der Waals surface area contributed by atoms with Crippen LogP contribution in [0, 0.1) is 13.8 Å². The Balaban J connectivity index is 0.000000228. The third kappa shape index (κ3) is 4.98. The van der Waals surface area contributed by atoms with Gasteiger partial charge in [0.25, 0.3) is 0 Å². The Morgan fingerprint density at radius 3 is 1.94 bits per heavy atom. The number of fused-ring (bicyclic) bond motifs is 2. The van der Waals surface area contributed by atoms with Crippen molar-refractivity contribution in [1.29, 1.82) is 0 Å². The van der Waals surface area contributed by atoms with Gasteiger partial charge >= 0.3 is 11.3 Å². The molecule has 0 aliphatic rings. The molecule has 0 saturated heterocycles. The van der Waals surface area contributed by atoms with Crippen LogP contribution in [0.2, 0.25) is 0 Å². The Bertz CT molecular complexity index is 1440. The lowest BCUT2D eigenvalue weighted by molar-refractivity contribution is 0.112. The van der Waals surface area contributed by atoms with Gasteiger partial charge in [0.2, 0.25) is 0 Å². The van der Waals surface area contributed by atoms with E-state index in [2.05, 4.69) is 0 Å². The monoisotopic (exact) mass is 452 g/mol. The van der Waals surface area contributed by atoms with Gasteiger partial charge in [0.15, 0.2) is 11.9 Å². The molecule has 2 aromatic heterocycles. The van der Waals surface area contributed by atoms with Crippen LogP contribution < -0.4 is 11.3 Å². The lowest BCUT2D eigenvalue weighted by Crippen LogP contribution is -2.02. The molecule has 2 N–H and O–H groups in total. The normalized spacial score (nSPS) is 10.4. The molecule has 33 heavy (non-hydrogen) atoms. The summed E-state index contributed by atoms with van der Waals surface area (Å²) in [7, 11) is 0. The molecule has 0 amide bonds. The van der Waals surface area contributed by atoms with Gasteiger partial charge in [-0.1, -0.05) is 21.3 Å². The van der Waals surface area contributed by atoms with Crippen molar-refractivity contribution < 1.29 is 23.8 Å². The summed E-state index contributed by atoms with van der Waals surface area (Å²) in [5, 5.41) is 20.9. The van der Waals surface area contributed by atoms with Crippen LogP contribution in [0.15, 0.2) is 48.8 Å². The molecule has 174 valence electrons. The summed E-state index contributed by atoms with van der Waals surface area (Å²) < 4.78 is 10.0. The Kier molecular flexibility index (Phi) is 7.82. The minimum atomic E-state index is -0.513. The average Bonchev–Trinajstić information content (AvgIpc) is 2.75. The number of aromatic hydroxyl groups is 2. The third-order valence-corrected chi connectivity index (χ3v) is 5.35. The molecular formula is C26H28O7. The molecule has 7 heteroatoms. The van der Waals surface area contributed by atoms with Crippen LogP contribution in [0.4, 0.5) is 0 Å². The van der Waals surface area contributed by atoms with Crippen molar-refractivity contribution in [1.82, 2.24) is 0 Å². The summed E-state index contributed by atoms with van der Waals surface area (Å²) in [5.41, 5.74) is 2.88. The van der Waals surface area contributed by atoms with Crippen LogP contribution in [-0.2, 0) is 12.8 Å². The smallest absolute Gasteiger partial charge is 0.336 e. The van der Waals surface area contributed by atoms with E-state index in [0.717, 1.165) is 28.5 Å². The summed E-state index contributed by atoms with van der Waals surface area (Å²) >= 11 is 0. The highest BCUT2D eigenvalue weighted by Gasteiger charge is 2.15. The Labute approximate surface area is 190 Å². The third-order valence-electron chi connectivity index (χ3n) is 5.35. The maximum absolute atomic E-state index is 11.4. The van der Waals surface area contributed by atoms with Crippen molar-refractivity contribution in [2.24, 2.45) is 0 Å². The highest BCUT2D eigenvalue weighted by Crippen LogP contribution is 2.30. The molecule has 4 rings (SSSR count). The number of hydrogen-bond acceptors (Lipinski definition) is 7. The first kappa shape index (κ1) is 25.4. The SMILES string of the molecule is C.CCc1cc(=O)oc2c(C=O)c(O)c(C)cc12.CCc1cc(=O)oc2cc(O)c(C)cc12. The Morgan fingerprint density at radius 2 is 1.36 bits per heavy atom. The molecule has 0 saturated carbocycles. The highest BCUT2D eigenvalue weighted by atomic mass is 16.4. The number of carbonyl (C=O) groups is 1. The Hall–Kier alpha value is -3.87. The van der Waals surface area contributed by atoms with Crippen molar-refractivity contribution in [3.63, 3.8) is 0 Å².